The van der Waals surface area contributed by atoms with Crippen molar-refractivity contribution in [2.75, 3.05) is 0 Å². The lowest BCUT2D eigenvalue weighted by Gasteiger charge is -2.20. The Morgan fingerprint density at radius 2 is 1.38 bits per heavy atom. The predicted octanol–water partition coefficient (Wildman–Crippen LogP) is 8.05. The number of benzene rings is 2. The molecular weight excluding hydrogens is 481 g/mol. The number of hydrogen-bond acceptors (Lipinski definition) is 2. The summed E-state index contributed by atoms with van der Waals surface area (Å²) < 4.78 is 1.82. The van der Waals surface area contributed by atoms with Gasteiger partial charge in [0.15, 0.2) is 0 Å². The van der Waals surface area contributed by atoms with Crippen LogP contribution in [0, 0.1) is 10.1 Å². The van der Waals surface area contributed by atoms with E-state index in [1.54, 1.807) is 12.1 Å². The minimum atomic E-state index is -0.392. The number of nitrogens with zero attached hydrogens (tertiary/aromatic N) is 1. The molecule has 2 aromatic rings. The lowest BCUT2D eigenvalue weighted by molar-refractivity contribution is -0.384. The van der Waals surface area contributed by atoms with Gasteiger partial charge in [0.25, 0.3) is 5.69 Å². The van der Waals surface area contributed by atoms with Crippen LogP contribution in [0.2, 0.25) is 5.02 Å². The Labute approximate surface area is 177 Å². The molecule has 0 aromatic heterocycles. The Morgan fingerprint density at radius 3 is 1.77 bits per heavy atom. The maximum Gasteiger partial charge on any atom is 0.270 e. The molecule has 0 atom stereocenters. The van der Waals surface area contributed by atoms with Crippen LogP contribution in [0.15, 0.2) is 45.3 Å². The van der Waals surface area contributed by atoms with Gasteiger partial charge < -0.3 is 0 Å². The van der Waals surface area contributed by atoms with Gasteiger partial charge in [-0.05, 0) is 34.1 Å². The Bertz CT molecular complexity index is 793. The van der Waals surface area contributed by atoms with Crippen molar-refractivity contribution in [3.8, 4) is 0 Å². The quantitative estimate of drug-likeness (QED) is 0.291. The first kappa shape index (κ1) is 23.1. The summed E-state index contributed by atoms with van der Waals surface area (Å²) in [6.45, 7) is 12.7. The normalized spacial score (nSPS) is 11.6. The first-order valence-corrected chi connectivity index (χ1v) is 10.1. The number of nitro groups is 1. The summed E-state index contributed by atoms with van der Waals surface area (Å²) in [4.78, 5) is 10.1. The third-order valence-corrected chi connectivity index (χ3v) is 5.17. The van der Waals surface area contributed by atoms with Gasteiger partial charge in [0.05, 0.1) is 4.92 Å². The molecule has 0 amide bonds. The Kier molecular flexibility index (Phi) is 7.88. The topological polar surface area (TPSA) is 43.1 Å². The fourth-order valence-electron chi connectivity index (χ4n) is 2.32. The van der Waals surface area contributed by atoms with Crippen molar-refractivity contribution < 1.29 is 4.92 Å². The van der Waals surface area contributed by atoms with Crippen molar-refractivity contribution >= 4 is 49.1 Å². The summed E-state index contributed by atoms with van der Waals surface area (Å²) in [5, 5.41) is 11.3. The summed E-state index contributed by atoms with van der Waals surface area (Å²) in [5.74, 6) is 0. The molecule has 0 saturated carbocycles. The lowest BCUT2D eigenvalue weighted by Crippen LogP contribution is -2.11. The van der Waals surface area contributed by atoms with Crippen LogP contribution in [0.1, 0.15) is 52.7 Å². The van der Waals surface area contributed by atoms with Gasteiger partial charge in [0, 0.05) is 26.1 Å². The number of halogens is 3. The third-order valence-electron chi connectivity index (χ3n) is 3.71. The molecule has 2 rings (SSSR count). The molecule has 6 heteroatoms. The largest absolute Gasteiger partial charge is 0.270 e. The van der Waals surface area contributed by atoms with Crippen molar-refractivity contribution in [3.63, 3.8) is 0 Å². The molecule has 142 valence electrons. The van der Waals surface area contributed by atoms with E-state index in [9.17, 15) is 10.1 Å². The van der Waals surface area contributed by atoms with Crippen LogP contribution >= 0.6 is 43.5 Å². The van der Waals surface area contributed by atoms with Crippen LogP contribution in [-0.4, -0.2) is 4.92 Å². The smallest absolute Gasteiger partial charge is 0.258 e. The van der Waals surface area contributed by atoms with Crippen LogP contribution in [0.25, 0.3) is 0 Å². The molecule has 0 unspecified atom stereocenters. The van der Waals surface area contributed by atoms with Gasteiger partial charge in [0.1, 0.15) is 0 Å². The zero-order chi connectivity index (χ0) is 20.3. The Morgan fingerprint density at radius 1 is 0.885 bits per heavy atom. The predicted molar refractivity (Wildman–Crippen MR) is 117 cm³/mol. The van der Waals surface area contributed by atoms with Crippen LogP contribution in [0.5, 0.6) is 0 Å². The van der Waals surface area contributed by atoms with E-state index in [1.165, 1.54) is 11.6 Å². The van der Waals surface area contributed by atoms with Gasteiger partial charge in [-0.3, -0.25) is 10.1 Å². The maximum atomic E-state index is 10.5. The molecule has 0 fully saturated rings. The molecule has 0 aliphatic carbocycles. The highest BCUT2D eigenvalue weighted by Crippen LogP contribution is 2.32. The molecule has 0 saturated heterocycles. The van der Waals surface area contributed by atoms with E-state index in [1.807, 2.05) is 12.1 Å². The van der Waals surface area contributed by atoms with E-state index in [2.05, 4.69) is 79.5 Å². The monoisotopic (exact) mass is 503 g/mol. The summed E-state index contributed by atoms with van der Waals surface area (Å²) in [7, 11) is 0. The minimum absolute atomic E-state index is 0.00599. The fraction of sp³-hybridized carbons (Fsp3) is 0.400. The molecule has 0 heterocycles. The van der Waals surface area contributed by atoms with Gasteiger partial charge in [0.2, 0.25) is 0 Å². The van der Waals surface area contributed by atoms with E-state index in [4.69, 9.17) is 11.6 Å². The van der Waals surface area contributed by atoms with Crippen molar-refractivity contribution in [3.05, 3.63) is 71.6 Å². The van der Waals surface area contributed by atoms with Crippen molar-refractivity contribution in [1.29, 1.82) is 0 Å². The Balaban J connectivity index is 0.000000263. The average molecular weight is 506 g/mol. The molecule has 0 aliphatic rings. The molecule has 0 radical (unpaired) electrons. The van der Waals surface area contributed by atoms with Gasteiger partial charge >= 0.3 is 0 Å². The molecule has 0 spiro atoms. The third kappa shape index (κ3) is 6.67. The molecule has 0 N–H and O–H groups in total. The molecule has 0 bridgehead atoms. The first-order valence-electron chi connectivity index (χ1n) is 8.13. The van der Waals surface area contributed by atoms with E-state index >= 15 is 0 Å². The van der Waals surface area contributed by atoms with Crippen molar-refractivity contribution in [2.24, 2.45) is 0 Å². The zero-order valence-electron chi connectivity index (χ0n) is 15.9. The summed E-state index contributed by atoms with van der Waals surface area (Å²) in [5.41, 5.74) is 2.49. The second kappa shape index (κ2) is 8.85. The van der Waals surface area contributed by atoms with Crippen LogP contribution in [-0.2, 0) is 10.8 Å². The number of nitro benzene ring substituents is 1. The second-order valence-electron chi connectivity index (χ2n) is 8.05. The highest BCUT2D eigenvalue weighted by molar-refractivity contribution is 9.10. The van der Waals surface area contributed by atoms with E-state index in [0.29, 0.717) is 0 Å². The lowest BCUT2D eigenvalue weighted by atomic mass is 9.87. The first-order chi connectivity index (χ1) is 11.7. The van der Waals surface area contributed by atoms with E-state index < -0.39 is 4.92 Å². The van der Waals surface area contributed by atoms with E-state index in [0.717, 1.165) is 19.5 Å². The minimum Gasteiger partial charge on any atom is -0.258 e. The average Bonchev–Trinajstić information content (AvgIpc) is 2.44. The number of non-ortho nitro benzene ring substituents is 1. The number of rotatable bonds is 1. The van der Waals surface area contributed by atoms with Crippen molar-refractivity contribution in [1.82, 2.24) is 0 Å². The van der Waals surface area contributed by atoms with Crippen LogP contribution in [0.4, 0.5) is 5.69 Å². The summed E-state index contributed by atoms with van der Waals surface area (Å²) in [6.07, 6.45) is 0. The van der Waals surface area contributed by atoms with Gasteiger partial charge in [-0.15, -0.1) is 0 Å². The Hall–Kier alpha value is -0.910. The van der Waals surface area contributed by atoms with E-state index in [-0.39, 0.29) is 16.5 Å². The fourth-order valence-corrected chi connectivity index (χ4v) is 4.24. The van der Waals surface area contributed by atoms with Gasteiger partial charge in [-0.1, -0.05) is 97.1 Å². The van der Waals surface area contributed by atoms with Crippen molar-refractivity contribution in [2.45, 2.75) is 52.4 Å². The zero-order valence-corrected chi connectivity index (χ0v) is 19.8. The molecule has 3 nitrogen and oxygen atoms in total. The highest BCUT2D eigenvalue weighted by atomic mass is 79.9. The number of hydrogen-bond donors (Lipinski definition) is 0. The maximum absolute atomic E-state index is 10.5. The molecule has 26 heavy (non-hydrogen) atoms. The van der Waals surface area contributed by atoms with Gasteiger partial charge in [-0.2, -0.15) is 0 Å². The SMILES string of the molecule is CC(C)(C)c1ccc(Br)cc1Cl.CC(C)(C)c1ccc([N+](=O)[O-])cc1Br. The molecular formula is C20H24Br2ClNO2. The standard InChI is InChI=1S/C10H12BrCl.C10H12BrNO2/c1-10(2,3)8-5-4-7(11)6-9(8)12;1-10(2,3)8-5-4-7(12(13)14)6-9(8)11/h4-6H,1-3H3;4-6H,1-3H3. The molecule has 2 aromatic carbocycles. The van der Waals surface area contributed by atoms with Crippen LogP contribution < -0.4 is 0 Å². The van der Waals surface area contributed by atoms with Crippen LogP contribution in [0.3, 0.4) is 0 Å². The molecule has 0 aliphatic heterocycles. The van der Waals surface area contributed by atoms with Gasteiger partial charge in [-0.25, -0.2) is 0 Å². The second-order valence-corrected chi connectivity index (χ2v) is 10.2. The summed E-state index contributed by atoms with van der Waals surface area (Å²) >= 11 is 12.8. The highest BCUT2D eigenvalue weighted by Gasteiger charge is 2.19. The summed E-state index contributed by atoms with van der Waals surface area (Å²) in [6, 6.07) is 10.9.